The van der Waals surface area contributed by atoms with Crippen molar-refractivity contribution in [2.45, 2.75) is 24.8 Å². The molecule has 8 heteroatoms. The Labute approximate surface area is 105 Å². The molecule has 0 aliphatic carbocycles. The predicted octanol–water partition coefficient (Wildman–Crippen LogP) is -0.741. The summed E-state index contributed by atoms with van der Waals surface area (Å²) in [5, 5.41) is 0. The molecule has 0 saturated heterocycles. The highest BCUT2D eigenvalue weighted by atomic mass is 32.2. The van der Waals surface area contributed by atoms with Crippen molar-refractivity contribution in [1.82, 2.24) is 9.29 Å². The number of carbonyl (C=O) groups is 1. The third-order valence-electron chi connectivity index (χ3n) is 2.25. The van der Waals surface area contributed by atoms with Crippen LogP contribution in [-0.2, 0) is 14.8 Å². The predicted molar refractivity (Wildman–Crippen MR) is 65.3 cm³/mol. The summed E-state index contributed by atoms with van der Waals surface area (Å²) in [5.41, 5.74) is 4.62. The lowest BCUT2D eigenvalue weighted by Crippen LogP contribution is -2.42. The number of aromatic amines is 1. The molecule has 1 rings (SSSR count). The van der Waals surface area contributed by atoms with Gasteiger partial charge in [0, 0.05) is 18.3 Å². The molecular weight excluding hydrogens is 258 g/mol. The molecule has 0 unspecified atom stereocenters. The van der Waals surface area contributed by atoms with Gasteiger partial charge in [0.1, 0.15) is 0 Å². The van der Waals surface area contributed by atoms with E-state index < -0.39 is 34.1 Å². The quantitative estimate of drug-likeness (QED) is 0.735. The van der Waals surface area contributed by atoms with Gasteiger partial charge in [0.2, 0.25) is 21.5 Å². The SMILES string of the molecule is CC(C)N(CC(N)=O)S(=O)(=O)c1ccc(=O)[nH]c1. The number of H-pyrrole nitrogens is 1. The number of sulfonamides is 1. The number of nitrogens with one attached hydrogen (secondary N) is 1. The fourth-order valence-electron chi connectivity index (χ4n) is 1.39. The average Bonchev–Trinajstić information content (AvgIpc) is 2.25. The molecule has 1 aromatic heterocycles. The minimum Gasteiger partial charge on any atom is -0.369 e. The minimum atomic E-state index is -3.85. The number of hydrogen-bond acceptors (Lipinski definition) is 4. The number of hydrogen-bond donors (Lipinski definition) is 2. The van der Waals surface area contributed by atoms with E-state index in [9.17, 15) is 18.0 Å². The number of nitrogens with zero attached hydrogens (tertiary/aromatic N) is 1. The van der Waals surface area contributed by atoms with Crippen molar-refractivity contribution < 1.29 is 13.2 Å². The lowest BCUT2D eigenvalue weighted by Gasteiger charge is -2.24. The number of pyridine rings is 1. The van der Waals surface area contributed by atoms with Gasteiger partial charge in [-0.1, -0.05) is 0 Å². The van der Waals surface area contributed by atoms with Gasteiger partial charge in [-0.05, 0) is 19.9 Å². The Hall–Kier alpha value is -1.67. The van der Waals surface area contributed by atoms with Crippen LogP contribution < -0.4 is 11.3 Å². The molecule has 1 amide bonds. The van der Waals surface area contributed by atoms with Gasteiger partial charge in [-0.3, -0.25) is 9.59 Å². The Morgan fingerprint density at radius 2 is 2.06 bits per heavy atom. The molecule has 0 aliphatic rings. The molecule has 1 heterocycles. The van der Waals surface area contributed by atoms with Crippen molar-refractivity contribution in [3.63, 3.8) is 0 Å². The van der Waals surface area contributed by atoms with Crippen LogP contribution in [0, 0.1) is 0 Å². The standard InChI is InChI=1S/C10H15N3O4S/c1-7(2)13(6-9(11)14)18(16,17)8-3-4-10(15)12-5-8/h3-5,7H,6H2,1-2H3,(H2,11,14)(H,12,15). The van der Waals surface area contributed by atoms with E-state index in [0.717, 1.165) is 16.6 Å². The van der Waals surface area contributed by atoms with E-state index in [2.05, 4.69) is 4.98 Å². The third-order valence-corrected chi connectivity index (χ3v) is 4.27. The van der Waals surface area contributed by atoms with Gasteiger partial charge in [-0.2, -0.15) is 4.31 Å². The topological polar surface area (TPSA) is 113 Å². The number of primary amides is 1. The second-order valence-electron chi connectivity index (χ2n) is 4.00. The summed E-state index contributed by atoms with van der Waals surface area (Å²) in [6.07, 6.45) is 1.09. The first kappa shape index (κ1) is 14.4. The summed E-state index contributed by atoms with van der Waals surface area (Å²) >= 11 is 0. The number of aromatic nitrogens is 1. The number of amides is 1. The fraction of sp³-hybridized carbons (Fsp3) is 0.400. The van der Waals surface area contributed by atoms with E-state index in [0.29, 0.717) is 0 Å². The number of nitrogens with two attached hydrogens (primary N) is 1. The zero-order valence-corrected chi connectivity index (χ0v) is 10.9. The molecule has 3 N–H and O–H groups in total. The van der Waals surface area contributed by atoms with Crippen LogP contribution in [0.4, 0.5) is 0 Å². The highest BCUT2D eigenvalue weighted by Crippen LogP contribution is 2.15. The highest BCUT2D eigenvalue weighted by Gasteiger charge is 2.28. The van der Waals surface area contributed by atoms with Gasteiger partial charge in [-0.15, -0.1) is 0 Å². The van der Waals surface area contributed by atoms with Gasteiger partial charge in [-0.25, -0.2) is 8.42 Å². The Bertz CT molecular complexity index is 571. The van der Waals surface area contributed by atoms with Crippen LogP contribution in [0.25, 0.3) is 0 Å². The molecule has 0 spiro atoms. The molecule has 0 bridgehead atoms. The van der Waals surface area contributed by atoms with Crippen molar-refractivity contribution >= 4 is 15.9 Å². The lowest BCUT2D eigenvalue weighted by atomic mass is 10.4. The normalized spacial score (nSPS) is 12.0. The molecule has 18 heavy (non-hydrogen) atoms. The molecule has 0 saturated carbocycles. The monoisotopic (exact) mass is 273 g/mol. The molecule has 0 atom stereocenters. The van der Waals surface area contributed by atoms with Crippen LogP contribution in [0.2, 0.25) is 0 Å². The highest BCUT2D eigenvalue weighted by molar-refractivity contribution is 7.89. The second kappa shape index (κ2) is 5.32. The summed E-state index contributed by atoms with van der Waals surface area (Å²) < 4.78 is 25.4. The summed E-state index contributed by atoms with van der Waals surface area (Å²) in [6, 6.07) is 1.87. The first-order valence-corrected chi connectivity index (χ1v) is 6.68. The minimum absolute atomic E-state index is 0.0861. The van der Waals surface area contributed by atoms with Gasteiger partial charge >= 0.3 is 0 Å². The Balaban J connectivity index is 3.20. The van der Waals surface area contributed by atoms with Crippen molar-refractivity contribution in [1.29, 1.82) is 0 Å². The van der Waals surface area contributed by atoms with E-state index in [1.54, 1.807) is 13.8 Å². The van der Waals surface area contributed by atoms with E-state index in [1.165, 1.54) is 6.07 Å². The zero-order valence-electron chi connectivity index (χ0n) is 10.1. The van der Waals surface area contributed by atoms with Crippen LogP contribution in [0.5, 0.6) is 0 Å². The van der Waals surface area contributed by atoms with E-state index >= 15 is 0 Å². The summed E-state index contributed by atoms with van der Waals surface area (Å²) in [5.74, 6) is -0.739. The van der Waals surface area contributed by atoms with E-state index in [-0.39, 0.29) is 4.90 Å². The first-order valence-electron chi connectivity index (χ1n) is 5.24. The fourth-order valence-corrected chi connectivity index (χ4v) is 2.96. The van der Waals surface area contributed by atoms with Crippen molar-refractivity contribution in [2.24, 2.45) is 5.73 Å². The Morgan fingerprint density at radius 1 is 1.44 bits per heavy atom. The maximum absolute atomic E-state index is 12.2. The van der Waals surface area contributed by atoms with Crippen LogP contribution in [-0.4, -0.2) is 36.2 Å². The molecule has 0 aromatic carbocycles. The summed E-state index contributed by atoms with van der Waals surface area (Å²) in [6.45, 7) is 2.86. The molecule has 1 aromatic rings. The molecule has 0 fully saturated rings. The zero-order chi connectivity index (χ0) is 13.9. The maximum atomic E-state index is 12.2. The molecular formula is C10H15N3O4S. The van der Waals surface area contributed by atoms with Crippen LogP contribution in [0.15, 0.2) is 28.0 Å². The number of rotatable bonds is 5. The van der Waals surface area contributed by atoms with Crippen molar-refractivity contribution in [3.8, 4) is 0 Å². The van der Waals surface area contributed by atoms with E-state index in [1.807, 2.05) is 0 Å². The average molecular weight is 273 g/mol. The number of carbonyl (C=O) groups excluding carboxylic acids is 1. The van der Waals surface area contributed by atoms with Gasteiger partial charge in [0.25, 0.3) is 0 Å². The molecule has 0 radical (unpaired) electrons. The maximum Gasteiger partial charge on any atom is 0.247 e. The first-order chi connectivity index (χ1) is 8.25. The van der Waals surface area contributed by atoms with Crippen molar-refractivity contribution in [3.05, 3.63) is 28.7 Å². The summed E-state index contributed by atoms with van der Waals surface area (Å²) in [4.78, 5) is 24.0. The van der Waals surface area contributed by atoms with Crippen LogP contribution in [0.1, 0.15) is 13.8 Å². The smallest absolute Gasteiger partial charge is 0.247 e. The lowest BCUT2D eigenvalue weighted by molar-refractivity contribution is -0.118. The van der Waals surface area contributed by atoms with Crippen LogP contribution >= 0.6 is 0 Å². The van der Waals surface area contributed by atoms with Gasteiger partial charge < -0.3 is 10.7 Å². The van der Waals surface area contributed by atoms with Crippen LogP contribution in [0.3, 0.4) is 0 Å². The Morgan fingerprint density at radius 3 is 2.44 bits per heavy atom. The third kappa shape index (κ3) is 3.17. The molecule has 7 nitrogen and oxygen atoms in total. The summed E-state index contributed by atoms with van der Waals surface area (Å²) in [7, 11) is -3.85. The largest absolute Gasteiger partial charge is 0.369 e. The van der Waals surface area contributed by atoms with Gasteiger partial charge in [0.15, 0.2) is 0 Å². The molecule has 100 valence electrons. The molecule has 0 aliphatic heterocycles. The van der Waals surface area contributed by atoms with Crippen molar-refractivity contribution in [2.75, 3.05) is 6.54 Å². The van der Waals surface area contributed by atoms with Gasteiger partial charge in [0.05, 0.1) is 11.4 Å². The second-order valence-corrected chi connectivity index (χ2v) is 5.89. The van der Waals surface area contributed by atoms with E-state index in [4.69, 9.17) is 5.73 Å². The Kier molecular flexibility index (Phi) is 4.25.